The van der Waals surface area contributed by atoms with Crippen molar-refractivity contribution < 1.29 is 9.90 Å². The number of halogens is 2. The minimum absolute atomic E-state index is 0.310. The summed E-state index contributed by atoms with van der Waals surface area (Å²) in [5.41, 5.74) is 0. The van der Waals surface area contributed by atoms with Gasteiger partial charge in [0, 0.05) is 22.3 Å². The van der Waals surface area contributed by atoms with Gasteiger partial charge in [0.2, 0.25) is 0 Å². The molecular weight excluding hydrogens is 338 g/mol. The van der Waals surface area contributed by atoms with Gasteiger partial charge in [-0.1, -0.05) is 11.6 Å². The molecule has 1 saturated heterocycles. The van der Waals surface area contributed by atoms with Crippen molar-refractivity contribution in [2.45, 2.75) is 25.8 Å². The summed E-state index contributed by atoms with van der Waals surface area (Å²) in [6.45, 7) is 2.87. The van der Waals surface area contributed by atoms with Crippen LogP contribution in [0.4, 0.5) is 0 Å². The Morgan fingerprint density at radius 2 is 2.22 bits per heavy atom. The number of carboxylic acid groups (broad SMARTS) is 1. The van der Waals surface area contributed by atoms with E-state index >= 15 is 0 Å². The summed E-state index contributed by atoms with van der Waals surface area (Å²) in [6.07, 6.45) is 2.27. The first-order valence-corrected chi connectivity index (χ1v) is 7.91. The highest BCUT2D eigenvalue weighted by Crippen LogP contribution is 2.33. The lowest BCUT2D eigenvalue weighted by molar-refractivity contribution is -0.138. The van der Waals surface area contributed by atoms with Gasteiger partial charge in [0.15, 0.2) is 0 Å². The van der Waals surface area contributed by atoms with E-state index in [-0.39, 0.29) is 0 Å². The monoisotopic (exact) mass is 351 g/mol. The van der Waals surface area contributed by atoms with Crippen molar-refractivity contribution in [3.63, 3.8) is 0 Å². The molecular formula is C12H15BrClNO2S. The molecule has 0 radical (unpaired) electrons. The first kappa shape index (κ1) is 14.3. The van der Waals surface area contributed by atoms with Gasteiger partial charge in [0.05, 0.1) is 0 Å². The second-order valence-corrected chi connectivity index (χ2v) is 7.24. The van der Waals surface area contributed by atoms with Crippen LogP contribution in [0.1, 0.15) is 24.1 Å². The van der Waals surface area contributed by atoms with Crippen LogP contribution < -0.4 is 0 Å². The van der Waals surface area contributed by atoms with Crippen LogP contribution in [0.3, 0.4) is 0 Å². The Bertz CT molecular complexity index is 410. The van der Waals surface area contributed by atoms with E-state index in [0.717, 1.165) is 41.3 Å². The SMILES string of the molecule is O=C(O)CC1CCN(Cc2cc(Br)c(Cl)s2)CC1. The topological polar surface area (TPSA) is 40.5 Å². The standard InChI is InChI=1S/C12H15BrClNO2S/c13-10-6-9(18-12(10)14)7-15-3-1-8(2-4-15)5-11(16)17/h6,8H,1-5,7H2,(H,16,17). The summed E-state index contributed by atoms with van der Waals surface area (Å²) in [6, 6.07) is 2.07. The molecule has 0 aliphatic carbocycles. The number of hydrogen-bond donors (Lipinski definition) is 1. The Kier molecular flexibility index (Phi) is 5.06. The lowest BCUT2D eigenvalue weighted by Crippen LogP contribution is -2.33. The zero-order valence-corrected chi connectivity index (χ0v) is 13.0. The van der Waals surface area contributed by atoms with Gasteiger partial charge in [0.1, 0.15) is 4.34 Å². The lowest BCUT2D eigenvalue weighted by Gasteiger charge is -2.30. The molecule has 0 atom stereocenters. The van der Waals surface area contributed by atoms with Crippen LogP contribution in [0, 0.1) is 5.92 Å². The van der Waals surface area contributed by atoms with Crippen LogP contribution in [0.15, 0.2) is 10.5 Å². The first-order chi connectivity index (χ1) is 8.54. The second-order valence-electron chi connectivity index (χ2n) is 4.65. The van der Waals surface area contributed by atoms with E-state index in [1.54, 1.807) is 11.3 Å². The molecule has 1 N–H and O–H groups in total. The Balaban J connectivity index is 1.81. The summed E-state index contributed by atoms with van der Waals surface area (Å²) in [5, 5.41) is 8.77. The molecule has 6 heteroatoms. The van der Waals surface area contributed by atoms with Crippen molar-refractivity contribution in [1.29, 1.82) is 0 Å². The normalized spacial score (nSPS) is 18.1. The van der Waals surface area contributed by atoms with E-state index < -0.39 is 5.97 Å². The van der Waals surface area contributed by atoms with Gasteiger partial charge in [-0.3, -0.25) is 9.69 Å². The number of carboxylic acids is 1. The Hall–Kier alpha value is -0.100. The van der Waals surface area contributed by atoms with E-state index in [1.807, 2.05) is 0 Å². The van der Waals surface area contributed by atoms with Crippen LogP contribution in [0.25, 0.3) is 0 Å². The molecule has 1 aromatic heterocycles. The van der Waals surface area contributed by atoms with E-state index in [9.17, 15) is 4.79 Å². The molecule has 0 unspecified atom stereocenters. The number of aliphatic carboxylic acids is 1. The maximum absolute atomic E-state index is 10.6. The molecule has 1 aliphatic rings. The zero-order valence-electron chi connectivity index (χ0n) is 9.86. The zero-order chi connectivity index (χ0) is 13.1. The number of thiophene rings is 1. The van der Waals surface area contributed by atoms with Crippen molar-refractivity contribution >= 4 is 44.8 Å². The fraction of sp³-hybridized carbons (Fsp3) is 0.583. The van der Waals surface area contributed by atoms with Crippen LogP contribution in [-0.4, -0.2) is 29.1 Å². The highest BCUT2D eigenvalue weighted by atomic mass is 79.9. The number of rotatable bonds is 4. The molecule has 0 amide bonds. The third-order valence-electron chi connectivity index (χ3n) is 3.25. The van der Waals surface area contributed by atoms with Crippen molar-refractivity contribution in [3.05, 3.63) is 19.8 Å². The largest absolute Gasteiger partial charge is 0.481 e. The second kappa shape index (κ2) is 6.37. The van der Waals surface area contributed by atoms with Gasteiger partial charge in [0.25, 0.3) is 0 Å². The average Bonchev–Trinajstić information content (AvgIpc) is 2.60. The number of likely N-dealkylation sites (tertiary alicyclic amines) is 1. The average molecular weight is 353 g/mol. The van der Waals surface area contributed by atoms with Gasteiger partial charge < -0.3 is 5.11 Å². The van der Waals surface area contributed by atoms with Crippen molar-refractivity contribution in [3.8, 4) is 0 Å². The predicted octanol–water partition coefficient (Wildman–Crippen LogP) is 3.85. The molecule has 100 valence electrons. The molecule has 2 rings (SSSR count). The molecule has 0 saturated carbocycles. The third-order valence-corrected chi connectivity index (χ3v) is 5.71. The maximum Gasteiger partial charge on any atom is 0.303 e. The molecule has 1 fully saturated rings. The molecule has 0 aromatic carbocycles. The van der Waals surface area contributed by atoms with E-state index in [1.165, 1.54) is 4.88 Å². The molecule has 18 heavy (non-hydrogen) atoms. The number of nitrogens with zero attached hydrogens (tertiary/aromatic N) is 1. The maximum atomic E-state index is 10.6. The van der Waals surface area contributed by atoms with Gasteiger partial charge in [-0.25, -0.2) is 0 Å². The highest BCUT2D eigenvalue weighted by molar-refractivity contribution is 9.10. The van der Waals surface area contributed by atoms with Crippen LogP contribution in [-0.2, 0) is 11.3 Å². The summed E-state index contributed by atoms with van der Waals surface area (Å²) < 4.78 is 1.76. The summed E-state index contributed by atoms with van der Waals surface area (Å²) >= 11 is 11.0. The number of carbonyl (C=O) groups is 1. The summed E-state index contributed by atoms with van der Waals surface area (Å²) in [5.74, 6) is -0.333. The smallest absolute Gasteiger partial charge is 0.303 e. The molecule has 3 nitrogen and oxygen atoms in total. The Morgan fingerprint density at radius 1 is 1.56 bits per heavy atom. The van der Waals surface area contributed by atoms with Gasteiger partial charge in [-0.15, -0.1) is 11.3 Å². The fourth-order valence-corrected chi connectivity index (χ4v) is 4.12. The van der Waals surface area contributed by atoms with Crippen molar-refractivity contribution in [1.82, 2.24) is 4.90 Å². The van der Waals surface area contributed by atoms with E-state index in [4.69, 9.17) is 16.7 Å². The minimum Gasteiger partial charge on any atom is -0.481 e. The predicted molar refractivity (Wildman–Crippen MR) is 77.3 cm³/mol. The number of piperidine rings is 1. The van der Waals surface area contributed by atoms with Crippen molar-refractivity contribution in [2.24, 2.45) is 5.92 Å². The number of hydrogen-bond acceptors (Lipinski definition) is 3. The highest BCUT2D eigenvalue weighted by Gasteiger charge is 2.21. The van der Waals surface area contributed by atoms with Crippen LogP contribution in [0.2, 0.25) is 4.34 Å². The van der Waals surface area contributed by atoms with Crippen molar-refractivity contribution in [2.75, 3.05) is 13.1 Å². The molecule has 2 heterocycles. The van der Waals surface area contributed by atoms with E-state index in [2.05, 4.69) is 26.9 Å². The van der Waals surface area contributed by atoms with Crippen LogP contribution >= 0.6 is 38.9 Å². The minimum atomic E-state index is -0.678. The Morgan fingerprint density at radius 3 is 2.72 bits per heavy atom. The van der Waals surface area contributed by atoms with Gasteiger partial charge in [-0.2, -0.15) is 0 Å². The van der Waals surface area contributed by atoms with Gasteiger partial charge in [-0.05, 0) is 53.8 Å². The molecule has 1 aliphatic heterocycles. The lowest BCUT2D eigenvalue weighted by atomic mass is 9.94. The summed E-state index contributed by atoms with van der Waals surface area (Å²) in [4.78, 5) is 14.3. The molecule has 0 bridgehead atoms. The quantitative estimate of drug-likeness (QED) is 0.894. The third kappa shape index (κ3) is 3.95. The molecule has 0 spiro atoms. The Labute approximate surface area is 124 Å². The fourth-order valence-electron chi connectivity index (χ4n) is 2.29. The molecule has 1 aromatic rings. The van der Waals surface area contributed by atoms with Gasteiger partial charge >= 0.3 is 5.97 Å². The first-order valence-electron chi connectivity index (χ1n) is 5.92. The van der Waals surface area contributed by atoms with Crippen LogP contribution in [0.5, 0.6) is 0 Å². The summed E-state index contributed by atoms with van der Waals surface area (Å²) in [7, 11) is 0. The van der Waals surface area contributed by atoms with E-state index in [0.29, 0.717) is 12.3 Å².